The fraction of sp³-hybridized carbons (Fsp3) is 0.250. The fourth-order valence-corrected chi connectivity index (χ4v) is 3.66. The number of methoxy groups -OCH3 is 3. The van der Waals surface area contributed by atoms with Crippen molar-refractivity contribution in [2.45, 2.75) is 4.90 Å². The number of aromatic nitrogens is 2. The first-order valence-electron chi connectivity index (χ1n) is 9.19. The van der Waals surface area contributed by atoms with Gasteiger partial charge in [-0.2, -0.15) is 0 Å². The number of anilines is 1. The topological polar surface area (TPSA) is 133 Å². The molecule has 0 fully saturated rings. The summed E-state index contributed by atoms with van der Waals surface area (Å²) in [5, 5.41) is 10.2. The van der Waals surface area contributed by atoms with E-state index in [1.165, 1.54) is 59.7 Å². The monoisotopic (exact) mass is 462 g/mol. The lowest BCUT2D eigenvalue weighted by Gasteiger charge is -2.12. The Bertz CT molecular complexity index is 1200. The molecule has 11 nitrogen and oxygen atoms in total. The Morgan fingerprint density at radius 1 is 0.969 bits per heavy atom. The number of nitrogens with zero attached hydrogens (tertiary/aromatic N) is 3. The van der Waals surface area contributed by atoms with E-state index in [2.05, 4.69) is 15.5 Å². The molecule has 12 heteroatoms. The van der Waals surface area contributed by atoms with Crippen molar-refractivity contribution in [1.29, 1.82) is 0 Å². The Morgan fingerprint density at radius 2 is 1.56 bits per heavy atom. The SMILES string of the molecule is COc1cc(-c2nnc(NC(=O)c3ccc(S(=O)(=O)N(C)C)cc3)o2)cc(OC)c1OC. The van der Waals surface area contributed by atoms with Gasteiger partial charge >= 0.3 is 6.01 Å². The molecule has 0 aliphatic heterocycles. The number of benzene rings is 2. The molecule has 0 bridgehead atoms. The summed E-state index contributed by atoms with van der Waals surface area (Å²) in [5.41, 5.74) is 0.709. The van der Waals surface area contributed by atoms with Gasteiger partial charge in [0.25, 0.3) is 5.91 Å². The van der Waals surface area contributed by atoms with Gasteiger partial charge in [-0.3, -0.25) is 10.1 Å². The van der Waals surface area contributed by atoms with Crippen molar-refractivity contribution >= 4 is 21.9 Å². The third-order valence-corrected chi connectivity index (χ3v) is 6.28. The predicted molar refractivity (Wildman–Crippen MR) is 115 cm³/mol. The summed E-state index contributed by atoms with van der Waals surface area (Å²) < 4.78 is 46.8. The van der Waals surface area contributed by atoms with E-state index < -0.39 is 15.9 Å². The number of carbonyl (C=O) groups excluding carboxylic acids is 1. The van der Waals surface area contributed by atoms with Crippen LogP contribution >= 0.6 is 0 Å². The minimum atomic E-state index is -3.59. The molecule has 1 N–H and O–H groups in total. The lowest BCUT2D eigenvalue weighted by Crippen LogP contribution is -2.22. The van der Waals surface area contributed by atoms with Crippen LogP contribution in [0.1, 0.15) is 10.4 Å². The second-order valence-electron chi connectivity index (χ2n) is 6.59. The maximum absolute atomic E-state index is 12.5. The second kappa shape index (κ2) is 9.24. The molecule has 0 atom stereocenters. The van der Waals surface area contributed by atoms with Gasteiger partial charge in [-0.15, -0.1) is 5.10 Å². The molecule has 170 valence electrons. The molecule has 0 unspecified atom stereocenters. The van der Waals surface area contributed by atoms with Crippen molar-refractivity contribution < 1.29 is 31.8 Å². The summed E-state index contributed by atoms with van der Waals surface area (Å²) in [5.74, 6) is 0.786. The minimum Gasteiger partial charge on any atom is -0.493 e. The highest BCUT2D eigenvalue weighted by Gasteiger charge is 2.20. The van der Waals surface area contributed by atoms with Gasteiger partial charge < -0.3 is 18.6 Å². The number of ether oxygens (including phenoxy) is 3. The van der Waals surface area contributed by atoms with Crippen LogP contribution in [0.4, 0.5) is 6.01 Å². The number of amides is 1. The quantitative estimate of drug-likeness (QED) is 0.535. The highest BCUT2D eigenvalue weighted by Crippen LogP contribution is 2.41. The smallest absolute Gasteiger partial charge is 0.322 e. The second-order valence-corrected chi connectivity index (χ2v) is 8.74. The van der Waals surface area contributed by atoms with E-state index in [9.17, 15) is 13.2 Å². The molecule has 0 aliphatic carbocycles. The predicted octanol–water partition coefficient (Wildman–Crippen LogP) is 2.27. The van der Waals surface area contributed by atoms with Crippen molar-refractivity contribution in [2.24, 2.45) is 0 Å². The summed E-state index contributed by atoms with van der Waals surface area (Å²) in [6.45, 7) is 0. The molecule has 0 radical (unpaired) electrons. The fourth-order valence-electron chi connectivity index (χ4n) is 2.75. The van der Waals surface area contributed by atoms with Crippen LogP contribution in [-0.2, 0) is 10.0 Å². The number of sulfonamides is 1. The Kier molecular flexibility index (Phi) is 6.65. The molecule has 3 aromatic rings. The van der Waals surface area contributed by atoms with E-state index in [-0.39, 0.29) is 22.4 Å². The van der Waals surface area contributed by atoms with E-state index in [0.717, 1.165) is 4.31 Å². The van der Waals surface area contributed by atoms with Gasteiger partial charge in [0.15, 0.2) is 11.5 Å². The molecule has 3 rings (SSSR count). The van der Waals surface area contributed by atoms with Gasteiger partial charge in [-0.1, -0.05) is 5.10 Å². The van der Waals surface area contributed by atoms with Crippen molar-refractivity contribution in [3.63, 3.8) is 0 Å². The van der Waals surface area contributed by atoms with Crippen LogP contribution in [0.25, 0.3) is 11.5 Å². The van der Waals surface area contributed by atoms with Crippen LogP contribution < -0.4 is 19.5 Å². The maximum Gasteiger partial charge on any atom is 0.322 e. The van der Waals surface area contributed by atoms with E-state index in [4.69, 9.17) is 18.6 Å². The molecule has 0 aliphatic rings. The first-order valence-corrected chi connectivity index (χ1v) is 10.6. The zero-order valence-electron chi connectivity index (χ0n) is 18.1. The van der Waals surface area contributed by atoms with Gasteiger partial charge in [0.1, 0.15) is 0 Å². The highest BCUT2D eigenvalue weighted by atomic mass is 32.2. The van der Waals surface area contributed by atoms with Gasteiger partial charge in [0.05, 0.1) is 26.2 Å². The zero-order chi connectivity index (χ0) is 23.5. The lowest BCUT2D eigenvalue weighted by molar-refractivity contribution is 0.102. The Morgan fingerprint density at radius 3 is 2.06 bits per heavy atom. The molecule has 0 saturated heterocycles. The van der Waals surface area contributed by atoms with E-state index in [1.54, 1.807) is 12.1 Å². The molecule has 0 spiro atoms. The Hall–Kier alpha value is -3.64. The summed E-state index contributed by atoms with van der Waals surface area (Å²) in [6, 6.07) is 8.60. The van der Waals surface area contributed by atoms with Crippen molar-refractivity contribution in [3.8, 4) is 28.7 Å². The summed E-state index contributed by atoms with van der Waals surface area (Å²) >= 11 is 0. The number of carbonyl (C=O) groups is 1. The average Bonchev–Trinajstić information content (AvgIpc) is 3.26. The number of rotatable bonds is 8. The van der Waals surface area contributed by atoms with Gasteiger partial charge in [-0.25, -0.2) is 12.7 Å². The largest absolute Gasteiger partial charge is 0.493 e. The van der Waals surface area contributed by atoms with Crippen molar-refractivity contribution in [2.75, 3.05) is 40.7 Å². The first-order chi connectivity index (χ1) is 15.2. The molecule has 2 aromatic carbocycles. The maximum atomic E-state index is 12.5. The van der Waals surface area contributed by atoms with Crippen LogP contribution in [-0.4, -0.2) is 64.3 Å². The van der Waals surface area contributed by atoms with E-state index in [1.807, 2.05) is 0 Å². The summed E-state index contributed by atoms with van der Waals surface area (Å²) in [6.07, 6.45) is 0. The molecule has 1 amide bonds. The third kappa shape index (κ3) is 4.50. The minimum absolute atomic E-state index is 0.0709. The standard InChI is InChI=1S/C20H22N4O7S/c1-24(2)32(26,27)14-8-6-12(7-9-14)18(25)21-20-23-22-19(31-20)13-10-15(28-3)17(30-5)16(11-13)29-4/h6-11H,1-5H3,(H,21,23,25). The molecule has 32 heavy (non-hydrogen) atoms. The van der Waals surface area contributed by atoms with Gasteiger partial charge in [0, 0.05) is 25.2 Å². The first kappa shape index (κ1) is 23.0. The lowest BCUT2D eigenvalue weighted by atomic mass is 10.2. The van der Waals surface area contributed by atoms with Gasteiger partial charge in [-0.05, 0) is 36.4 Å². The van der Waals surface area contributed by atoms with Crippen LogP contribution in [0.3, 0.4) is 0 Å². The normalized spacial score (nSPS) is 11.3. The van der Waals surface area contributed by atoms with E-state index >= 15 is 0 Å². The molecule has 0 saturated carbocycles. The molecule has 1 heterocycles. The zero-order valence-corrected chi connectivity index (χ0v) is 18.9. The highest BCUT2D eigenvalue weighted by molar-refractivity contribution is 7.89. The van der Waals surface area contributed by atoms with E-state index in [0.29, 0.717) is 22.8 Å². The van der Waals surface area contributed by atoms with Crippen LogP contribution in [0.5, 0.6) is 17.2 Å². The van der Waals surface area contributed by atoms with Crippen molar-refractivity contribution in [1.82, 2.24) is 14.5 Å². The molecule has 1 aromatic heterocycles. The third-order valence-electron chi connectivity index (χ3n) is 4.45. The van der Waals surface area contributed by atoms with Crippen molar-refractivity contribution in [3.05, 3.63) is 42.0 Å². The summed E-state index contributed by atoms with van der Waals surface area (Å²) in [7, 11) is 3.72. The Balaban J connectivity index is 1.80. The number of nitrogens with one attached hydrogen (secondary N) is 1. The van der Waals surface area contributed by atoms with Crippen LogP contribution in [0.2, 0.25) is 0 Å². The number of hydrogen-bond donors (Lipinski definition) is 1. The van der Waals surface area contributed by atoms with Gasteiger partial charge in [0.2, 0.25) is 21.7 Å². The summed E-state index contributed by atoms with van der Waals surface area (Å²) in [4.78, 5) is 12.6. The average molecular weight is 462 g/mol. The number of hydrogen-bond acceptors (Lipinski definition) is 9. The molecular weight excluding hydrogens is 440 g/mol. The molecular formula is C20H22N4O7S. The van der Waals surface area contributed by atoms with Crippen LogP contribution in [0.15, 0.2) is 45.7 Å². The van der Waals surface area contributed by atoms with Crippen LogP contribution in [0, 0.1) is 0 Å². The Labute approximate surface area is 185 Å².